The van der Waals surface area contributed by atoms with Gasteiger partial charge in [0.2, 0.25) is 15.6 Å². The van der Waals surface area contributed by atoms with Gasteiger partial charge in [0.05, 0.1) is 26.1 Å². The first-order chi connectivity index (χ1) is 13.6. The van der Waals surface area contributed by atoms with Crippen molar-refractivity contribution >= 4 is 82.3 Å². The minimum Gasteiger partial charge on any atom is -0.337 e. The SMILES string of the molecule is NS(=O)(=O)c1cc(Cl)c(Nc2nc3ccc(Br)cc3c3c[nH]c(=O)cc23)c(Cl)c1. The molecule has 2 heterocycles. The van der Waals surface area contributed by atoms with Crippen molar-refractivity contribution in [1.82, 2.24) is 9.97 Å². The Hall–Kier alpha value is -2.17. The minimum atomic E-state index is -3.97. The van der Waals surface area contributed by atoms with Crippen LogP contribution in [0.4, 0.5) is 11.5 Å². The predicted molar refractivity (Wildman–Crippen MR) is 119 cm³/mol. The lowest BCUT2D eigenvalue weighted by molar-refractivity contribution is 0.598. The van der Waals surface area contributed by atoms with Crippen LogP contribution in [0.15, 0.2) is 56.8 Å². The van der Waals surface area contributed by atoms with Crippen molar-refractivity contribution in [1.29, 1.82) is 0 Å². The van der Waals surface area contributed by atoms with E-state index >= 15 is 0 Å². The Morgan fingerprint density at radius 1 is 1.03 bits per heavy atom. The Labute approximate surface area is 183 Å². The van der Waals surface area contributed by atoms with Crippen LogP contribution in [0.3, 0.4) is 0 Å². The molecule has 4 rings (SSSR count). The third-order valence-corrected chi connectivity index (χ3v) is 6.23. The first kappa shape index (κ1) is 20.1. The van der Waals surface area contributed by atoms with E-state index in [-0.39, 0.29) is 26.2 Å². The molecule has 0 atom stereocenters. The molecule has 4 N–H and O–H groups in total. The summed E-state index contributed by atoms with van der Waals surface area (Å²) >= 11 is 15.9. The average Bonchev–Trinajstić information content (AvgIpc) is 2.64. The molecular weight excluding hydrogens is 503 g/mol. The molecule has 148 valence electrons. The molecule has 29 heavy (non-hydrogen) atoms. The van der Waals surface area contributed by atoms with Gasteiger partial charge in [-0.15, -0.1) is 0 Å². The van der Waals surface area contributed by atoms with Crippen LogP contribution >= 0.6 is 39.1 Å². The summed E-state index contributed by atoms with van der Waals surface area (Å²) in [7, 11) is -3.97. The zero-order chi connectivity index (χ0) is 20.9. The Morgan fingerprint density at radius 3 is 2.38 bits per heavy atom. The van der Waals surface area contributed by atoms with Gasteiger partial charge in [0.15, 0.2) is 0 Å². The number of aromatic nitrogens is 2. The number of fused-ring (bicyclic) bond motifs is 3. The van der Waals surface area contributed by atoms with Gasteiger partial charge in [-0.3, -0.25) is 4.79 Å². The number of H-pyrrole nitrogens is 1. The Bertz CT molecular complexity index is 1450. The number of nitrogens with two attached hydrogens (primary N) is 1. The van der Waals surface area contributed by atoms with Gasteiger partial charge in [0.1, 0.15) is 5.82 Å². The molecule has 4 aromatic rings. The van der Waals surface area contributed by atoms with Gasteiger partial charge in [0, 0.05) is 32.9 Å². The molecule has 0 aliphatic rings. The monoisotopic (exact) mass is 512 g/mol. The highest BCUT2D eigenvalue weighted by atomic mass is 79.9. The van der Waals surface area contributed by atoms with E-state index in [1.54, 1.807) is 6.20 Å². The number of halogens is 3. The van der Waals surface area contributed by atoms with E-state index in [0.29, 0.717) is 16.7 Å². The number of aromatic amines is 1. The molecule has 2 aromatic heterocycles. The number of primary sulfonamides is 1. The maximum atomic E-state index is 11.9. The van der Waals surface area contributed by atoms with Crippen molar-refractivity contribution in [2.45, 2.75) is 4.90 Å². The van der Waals surface area contributed by atoms with Gasteiger partial charge in [-0.05, 0) is 30.3 Å². The molecule has 0 bridgehead atoms. The summed E-state index contributed by atoms with van der Waals surface area (Å²) in [6.07, 6.45) is 1.60. The summed E-state index contributed by atoms with van der Waals surface area (Å²) in [5.41, 5.74) is 0.605. The fourth-order valence-electron chi connectivity index (χ4n) is 2.94. The van der Waals surface area contributed by atoms with E-state index in [1.807, 2.05) is 18.2 Å². The standard InChI is InChI=1S/C18H11BrCl2N4O3S/c19-8-1-2-15-10(3-8)12-7-23-16(26)6-11(12)18(24-15)25-17-13(20)4-9(5-14(17)21)29(22,27)28/h1-7H,(H,23,26)(H,24,25)(H2,22,27,28). The van der Waals surface area contributed by atoms with Gasteiger partial charge >= 0.3 is 0 Å². The maximum absolute atomic E-state index is 11.9. The lowest BCUT2D eigenvalue weighted by Crippen LogP contribution is -2.12. The highest BCUT2D eigenvalue weighted by Gasteiger charge is 2.17. The van der Waals surface area contributed by atoms with E-state index in [1.165, 1.54) is 18.2 Å². The lowest BCUT2D eigenvalue weighted by atomic mass is 10.1. The first-order valence-electron chi connectivity index (χ1n) is 8.04. The molecule has 0 aliphatic carbocycles. The van der Waals surface area contributed by atoms with Crippen LogP contribution in [0.2, 0.25) is 10.0 Å². The van der Waals surface area contributed by atoms with Gasteiger partial charge in [-0.1, -0.05) is 39.1 Å². The molecule has 0 unspecified atom stereocenters. The summed E-state index contributed by atoms with van der Waals surface area (Å²) in [5.74, 6) is 0.341. The number of anilines is 2. The molecular formula is C18H11BrCl2N4O3S. The second-order valence-corrected chi connectivity index (χ2v) is 9.47. The van der Waals surface area contributed by atoms with Crippen LogP contribution in [0.25, 0.3) is 21.7 Å². The number of nitrogens with one attached hydrogen (secondary N) is 2. The number of nitrogens with zero attached hydrogens (tertiary/aromatic N) is 1. The van der Waals surface area contributed by atoms with Crippen LogP contribution in [0.1, 0.15) is 0 Å². The number of hydrogen-bond donors (Lipinski definition) is 3. The van der Waals surface area contributed by atoms with Crippen molar-refractivity contribution < 1.29 is 8.42 Å². The molecule has 0 aliphatic heterocycles. The number of rotatable bonds is 3. The fourth-order valence-corrected chi connectivity index (χ4v) is 4.58. The number of benzene rings is 2. The number of hydrogen-bond acceptors (Lipinski definition) is 5. The summed E-state index contributed by atoms with van der Waals surface area (Å²) in [6, 6.07) is 9.36. The highest BCUT2D eigenvalue weighted by Crippen LogP contribution is 2.37. The molecule has 2 aromatic carbocycles. The number of pyridine rings is 2. The van der Waals surface area contributed by atoms with Gasteiger partial charge in [-0.25, -0.2) is 18.5 Å². The Kier molecular flexibility index (Phi) is 5.04. The second kappa shape index (κ2) is 7.26. The lowest BCUT2D eigenvalue weighted by Gasteiger charge is -2.14. The van der Waals surface area contributed by atoms with Crippen molar-refractivity contribution in [2.24, 2.45) is 5.14 Å². The molecule has 0 saturated heterocycles. The molecule has 0 spiro atoms. The minimum absolute atomic E-state index is 0.0391. The van der Waals surface area contributed by atoms with Crippen LogP contribution < -0.4 is 16.0 Å². The molecule has 0 saturated carbocycles. The summed E-state index contributed by atoms with van der Waals surface area (Å²) < 4.78 is 24.0. The van der Waals surface area contributed by atoms with Gasteiger partial charge in [0.25, 0.3) is 0 Å². The van der Waals surface area contributed by atoms with E-state index in [9.17, 15) is 13.2 Å². The Morgan fingerprint density at radius 2 is 1.72 bits per heavy atom. The fraction of sp³-hybridized carbons (Fsp3) is 0. The van der Waals surface area contributed by atoms with E-state index < -0.39 is 10.0 Å². The van der Waals surface area contributed by atoms with Crippen molar-refractivity contribution in [3.05, 3.63) is 67.5 Å². The summed E-state index contributed by atoms with van der Waals surface area (Å²) in [4.78, 5) is 19.0. The highest BCUT2D eigenvalue weighted by molar-refractivity contribution is 9.10. The average molecular weight is 514 g/mol. The largest absolute Gasteiger partial charge is 0.337 e. The number of sulfonamides is 1. The summed E-state index contributed by atoms with van der Waals surface area (Å²) in [6.45, 7) is 0. The molecule has 11 heteroatoms. The smallest absolute Gasteiger partial charge is 0.248 e. The van der Waals surface area contributed by atoms with Crippen LogP contribution in [-0.2, 0) is 10.0 Å². The Balaban J connectivity index is 1.96. The molecule has 0 amide bonds. The topological polar surface area (TPSA) is 118 Å². The zero-order valence-electron chi connectivity index (χ0n) is 14.3. The normalized spacial score (nSPS) is 11.9. The predicted octanol–water partition coefficient (Wildman–Crippen LogP) is 4.54. The van der Waals surface area contributed by atoms with Gasteiger partial charge in [-0.2, -0.15) is 0 Å². The molecule has 0 fully saturated rings. The van der Waals surface area contributed by atoms with Crippen LogP contribution in [0.5, 0.6) is 0 Å². The third kappa shape index (κ3) is 3.84. The van der Waals surface area contributed by atoms with E-state index in [2.05, 4.69) is 31.2 Å². The van der Waals surface area contributed by atoms with Crippen LogP contribution in [-0.4, -0.2) is 18.4 Å². The third-order valence-electron chi connectivity index (χ3n) is 4.25. The van der Waals surface area contributed by atoms with Crippen molar-refractivity contribution in [3.8, 4) is 0 Å². The van der Waals surface area contributed by atoms with Crippen LogP contribution in [0, 0.1) is 0 Å². The van der Waals surface area contributed by atoms with Gasteiger partial charge < -0.3 is 10.3 Å². The second-order valence-electron chi connectivity index (χ2n) is 6.18. The van der Waals surface area contributed by atoms with Crippen molar-refractivity contribution in [2.75, 3.05) is 5.32 Å². The maximum Gasteiger partial charge on any atom is 0.248 e. The zero-order valence-corrected chi connectivity index (χ0v) is 18.2. The summed E-state index contributed by atoms with van der Waals surface area (Å²) in [5, 5.41) is 10.4. The van der Waals surface area contributed by atoms with E-state index in [4.69, 9.17) is 28.3 Å². The molecule has 0 radical (unpaired) electrons. The van der Waals surface area contributed by atoms with E-state index in [0.717, 1.165) is 15.2 Å². The first-order valence-corrected chi connectivity index (χ1v) is 11.1. The molecule has 7 nitrogen and oxygen atoms in total. The van der Waals surface area contributed by atoms with Crippen molar-refractivity contribution in [3.63, 3.8) is 0 Å². The quantitative estimate of drug-likeness (QED) is 0.347.